The van der Waals surface area contributed by atoms with E-state index in [4.69, 9.17) is 15.6 Å². The summed E-state index contributed by atoms with van der Waals surface area (Å²) in [5.41, 5.74) is 5.32. The third kappa shape index (κ3) is 5.11. The van der Waals surface area contributed by atoms with Crippen LogP contribution in [0.3, 0.4) is 0 Å². The zero-order chi connectivity index (χ0) is 11.1. The Balaban J connectivity index is 1.90. The summed E-state index contributed by atoms with van der Waals surface area (Å²) in [6, 6.07) is -0.823. The number of hydrogen-bond acceptors (Lipinski definition) is 4. The van der Waals surface area contributed by atoms with Crippen LogP contribution in [0.15, 0.2) is 0 Å². The largest absolute Gasteiger partial charge is 0.480 e. The standard InChI is InChI=1S/C10H20N2O3/c11-9(10(13)14)7-12-5-6-15-8-3-1-2-4-8/h8-9,12H,1-7,11H2,(H,13,14). The molecule has 1 aliphatic rings. The van der Waals surface area contributed by atoms with E-state index in [2.05, 4.69) is 5.32 Å². The molecule has 0 radical (unpaired) electrons. The highest BCUT2D eigenvalue weighted by Crippen LogP contribution is 2.20. The second-order valence-electron chi connectivity index (χ2n) is 3.93. The van der Waals surface area contributed by atoms with Crippen molar-refractivity contribution >= 4 is 5.97 Å². The molecule has 0 aromatic rings. The van der Waals surface area contributed by atoms with Gasteiger partial charge in [-0.1, -0.05) is 12.8 Å². The Morgan fingerprint density at radius 3 is 2.80 bits per heavy atom. The molecule has 1 fully saturated rings. The Kier molecular flexibility index (Phi) is 5.60. The second-order valence-corrected chi connectivity index (χ2v) is 3.93. The van der Waals surface area contributed by atoms with Crippen LogP contribution in [0.25, 0.3) is 0 Å². The van der Waals surface area contributed by atoms with E-state index in [1.54, 1.807) is 0 Å². The number of nitrogens with two attached hydrogens (primary N) is 1. The molecule has 0 aromatic carbocycles. The molecule has 0 spiro atoms. The lowest BCUT2D eigenvalue weighted by Gasteiger charge is -2.12. The molecule has 1 aliphatic carbocycles. The van der Waals surface area contributed by atoms with Crippen molar-refractivity contribution in [3.63, 3.8) is 0 Å². The van der Waals surface area contributed by atoms with E-state index in [1.807, 2.05) is 0 Å². The Morgan fingerprint density at radius 2 is 2.20 bits per heavy atom. The van der Waals surface area contributed by atoms with Crippen molar-refractivity contribution in [2.24, 2.45) is 5.73 Å². The molecule has 0 amide bonds. The van der Waals surface area contributed by atoms with Crippen molar-refractivity contribution in [3.05, 3.63) is 0 Å². The lowest BCUT2D eigenvalue weighted by molar-refractivity contribution is -0.138. The Morgan fingerprint density at radius 1 is 1.53 bits per heavy atom. The molecule has 1 atom stereocenters. The van der Waals surface area contributed by atoms with Gasteiger partial charge in [0.1, 0.15) is 6.04 Å². The van der Waals surface area contributed by atoms with Crippen molar-refractivity contribution < 1.29 is 14.6 Å². The first kappa shape index (κ1) is 12.4. The smallest absolute Gasteiger partial charge is 0.321 e. The highest BCUT2D eigenvalue weighted by Gasteiger charge is 2.15. The molecule has 15 heavy (non-hydrogen) atoms. The summed E-state index contributed by atoms with van der Waals surface area (Å²) < 4.78 is 5.59. The predicted molar refractivity (Wildman–Crippen MR) is 56.7 cm³/mol. The third-order valence-corrected chi connectivity index (χ3v) is 2.62. The van der Waals surface area contributed by atoms with Gasteiger partial charge in [-0.2, -0.15) is 0 Å². The fourth-order valence-corrected chi connectivity index (χ4v) is 1.70. The van der Waals surface area contributed by atoms with Crippen LogP contribution < -0.4 is 11.1 Å². The van der Waals surface area contributed by atoms with Crippen molar-refractivity contribution in [2.75, 3.05) is 19.7 Å². The van der Waals surface area contributed by atoms with Gasteiger partial charge in [0.05, 0.1) is 12.7 Å². The lowest BCUT2D eigenvalue weighted by atomic mass is 10.3. The van der Waals surface area contributed by atoms with Crippen LogP contribution in [0, 0.1) is 0 Å². The minimum atomic E-state index is -0.973. The second kappa shape index (κ2) is 6.76. The van der Waals surface area contributed by atoms with E-state index in [0.29, 0.717) is 25.8 Å². The summed E-state index contributed by atoms with van der Waals surface area (Å²) in [6.07, 6.45) is 5.27. The quantitative estimate of drug-likeness (QED) is 0.519. The first-order chi connectivity index (χ1) is 7.20. The van der Waals surface area contributed by atoms with Gasteiger partial charge < -0.3 is 20.9 Å². The summed E-state index contributed by atoms with van der Waals surface area (Å²) in [5.74, 6) is -0.973. The van der Waals surface area contributed by atoms with Gasteiger partial charge in [-0.3, -0.25) is 4.79 Å². The van der Waals surface area contributed by atoms with Gasteiger partial charge in [0.2, 0.25) is 0 Å². The first-order valence-electron chi connectivity index (χ1n) is 5.51. The van der Waals surface area contributed by atoms with Crippen molar-refractivity contribution in [1.82, 2.24) is 5.32 Å². The average Bonchev–Trinajstić information content (AvgIpc) is 2.69. The van der Waals surface area contributed by atoms with Crippen LogP contribution in [0.5, 0.6) is 0 Å². The third-order valence-electron chi connectivity index (χ3n) is 2.62. The van der Waals surface area contributed by atoms with Crippen molar-refractivity contribution in [1.29, 1.82) is 0 Å². The summed E-state index contributed by atoms with van der Waals surface area (Å²) in [5, 5.41) is 11.5. The van der Waals surface area contributed by atoms with E-state index in [9.17, 15) is 4.79 Å². The highest BCUT2D eigenvalue weighted by molar-refractivity contribution is 5.73. The number of nitrogens with one attached hydrogen (secondary N) is 1. The number of rotatable bonds is 7. The molecule has 5 nitrogen and oxygen atoms in total. The maximum Gasteiger partial charge on any atom is 0.321 e. The molecule has 1 rings (SSSR count). The monoisotopic (exact) mass is 216 g/mol. The molecule has 1 saturated carbocycles. The molecule has 0 saturated heterocycles. The van der Waals surface area contributed by atoms with E-state index in [1.165, 1.54) is 12.8 Å². The zero-order valence-corrected chi connectivity index (χ0v) is 8.95. The van der Waals surface area contributed by atoms with Gasteiger partial charge in [-0.25, -0.2) is 0 Å². The van der Waals surface area contributed by atoms with Gasteiger partial charge in [0.15, 0.2) is 0 Å². The maximum atomic E-state index is 10.4. The van der Waals surface area contributed by atoms with Crippen LogP contribution in [0.1, 0.15) is 25.7 Å². The number of carboxylic acids is 1. The molecule has 88 valence electrons. The van der Waals surface area contributed by atoms with E-state index in [0.717, 1.165) is 12.8 Å². The van der Waals surface area contributed by atoms with Gasteiger partial charge in [0.25, 0.3) is 0 Å². The lowest BCUT2D eigenvalue weighted by Crippen LogP contribution is -2.41. The van der Waals surface area contributed by atoms with Gasteiger partial charge in [-0.05, 0) is 12.8 Å². The van der Waals surface area contributed by atoms with E-state index in [-0.39, 0.29) is 0 Å². The molecule has 0 bridgehead atoms. The number of carbonyl (C=O) groups is 1. The average molecular weight is 216 g/mol. The SMILES string of the molecule is NC(CNCCOC1CCCC1)C(=O)O. The molecule has 4 N–H and O–H groups in total. The van der Waals surface area contributed by atoms with E-state index < -0.39 is 12.0 Å². The summed E-state index contributed by atoms with van der Waals surface area (Å²) in [6.45, 7) is 1.60. The minimum Gasteiger partial charge on any atom is -0.480 e. The molecule has 0 aliphatic heterocycles. The van der Waals surface area contributed by atoms with Crippen molar-refractivity contribution in [3.8, 4) is 0 Å². The highest BCUT2D eigenvalue weighted by atomic mass is 16.5. The van der Waals surface area contributed by atoms with Crippen LogP contribution in [0.2, 0.25) is 0 Å². The maximum absolute atomic E-state index is 10.4. The first-order valence-corrected chi connectivity index (χ1v) is 5.51. The number of carboxylic acid groups (broad SMARTS) is 1. The summed E-state index contributed by atoms with van der Waals surface area (Å²) >= 11 is 0. The molecular weight excluding hydrogens is 196 g/mol. The van der Waals surface area contributed by atoms with Gasteiger partial charge >= 0.3 is 5.97 Å². The summed E-state index contributed by atoms with van der Waals surface area (Å²) in [4.78, 5) is 10.4. The Hall–Kier alpha value is -0.650. The molecule has 1 unspecified atom stereocenters. The molecule has 5 heteroatoms. The topological polar surface area (TPSA) is 84.6 Å². The number of hydrogen-bond donors (Lipinski definition) is 3. The van der Waals surface area contributed by atoms with Gasteiger partial charge in [0, 0.05) is 13.1 Å². The fourth-order valence-electron chi connectivity index (χ4n) is 1.70. The number of ether oxygens (including phenoxy) is 1. The van der Waals surface area contributed by atoms with Crippen molar-refractivity contribution in [2.45, 2.75) is 37.8 Å². The van der Waals surface area contributed by atoms with Crippen LogP contribution in [0.4, 0.5) is 0 Å². The fraction of sp³-hybridized carbons (Fsp3) is 0.900. The minimum absolute atomic E-state index is 0.295. The number of aliphatic carboxylic acids is 1. The van der Waals surface area contributed by atoms with Crippen LogP contribution in [-0.2, 0) is 9.53 Å². The summed E-state index contributed by atoms with van der Waals surface area (Å²) in [7, 11) is 0. The Labute approximate surface area is 90.0 Å². The van der Waals surface area contributed by atoms with E-state index >= 15 is 0 Å². The molecular formula is C10H20N2O3. The predicted octanol–water partition coefficient (Wildman–Crippen LogP) is -0.0529. The normalized spacial score (nSPS) is 19.3. The van der Waals surface area contributed by atoms with Crippen LogP contribution >= 0.6 is 0 Å². The zero-order valence-electron chi connectivity index (χ0n) is 8.95. The van der Waals surface area contributed by atoms with Gasteiger partial charge in [-0.15, -0.1) is 0 Å². The Bertz CT molecular complexity index is 193. The van der Waals surface area contributed by atoms with Crippen LogP contribution in [-0.4, -0.2) is 42.9 Å². The molecule has 0 heterocycles. The molecule has 0 aromatic heterocycles.